The monoisotopic (exact) mass is 391 g/mol. The molecule has 1 aliphatic rings. The van der Waals surface area contributed by atoms with E-state index in [9.17, 15) is 5.11 Å². The Morgan fingerprint density at radius 3 is 2.79 bits per heavy atom. The number of aliphatic hydroxyl groups excluding tert-OH is 1. The molecule has 0 aliphatic carbocycles. The highest BCUT2D eigenvalue weighted by molar-refractivity contribution is 5.80. The van der Waals surface area contributed by atoms with Gasteiger partial charge in [-0.1, -0.05) is 28.6 Å². The second-order valence-corrected chi connectivity index (χ2v) is 7.83. The summed E-state index contributed by atoms with van der Waals surface area (Å²) in [5, 5.41) is 23.2. The van der Waals surface area contributed by atoms with Crippen LogP contribution in [0.25, 0.3) is 22.0 Å². The van der Waals surface area contributed by atoms with Gasteiger partial charge in [0, 0.05) is 17.8 Å². The summed E-state index contributed by atoms with van der Waals surface area (Å²) >= 11 is 0. The van der Waals surface area contributed by atoms with Crippen LogP contribution in [-0.4, -0.2) is 49.8 Å². The van der Waals surface area contributed by atoms with Gasteiger partial charge in [-0.3, -0.25) is 0 Å². The van der Waals surface area contributed by atoms with E-state index in [1.165, 1.54) is 0 Å². The second-order valence-electron chi connectivity index (χ2n) is 7.83. The standard InChI is InChI=1S/C22H25N5O2/c28-15-16-6-7-18-21(14-16)29-24-22(18)17-8-12-26(13-9-17)10-3-11-27-20-5-2-1-4-19(20)23-25-27/h1-2,4-7,14,17,28H,3,8-13,15H2. The Kier molecular flexibility index (Phi) is 4.99. The van der Waals surface area contributed by atoms with Crippen molar-refractivity contribution in [1.29, 1.82) is 0 Å². The van der Waals surface area contributed by atoms with Crippen LogP contribution in [-0.2, 0) is 13.2 Å². The van der Waals surface area contributed by atoms with Crippen LogP contribution >= 0.6 is 0 Å². The highest BCUT2D eigenvalue weighted by Gasteiger charge is 2.25. The number of benzene rings is 2. The van der Waals surface area contributed by atoms with Gasteiger partial charge in [-0.15, -0.1) is 5.10 Å². The summed E-state index contributed by atoms with van der Waals surface area (Å²) in [6.45, 7) is 4.13. The van der Waals surface area contributed by atoms with Crippen LogP contribution in [0.3, 0.4) is 0 Å². The fourth-order valence-corrected chi connectivity index (χ4v) is 4.35. The van der Waals surface area contributed by atoms with Crippen molar-refractivity contribution in [1.82, 2.24) is 25.1 Å². The zero-order chi connectivity index (χ0) is 19.6. The number of piperidine rings is 1. The lowest BCUT2D eigenvalue weighted by atomic mass is 9.91. The number of nitrogens with zero attached hydrogens (tertiary/aromatic N) is 5. The van der Waals surface area contributed by atoms with Crippen molar-refractivity contribution >= 4 is 22.0 Å². The van der Waals surface area contributed by atoms with E-state index in [0.717, 1.165) is 78.7 Å². The van der Waals surface area contributed by atoms with Gasteiger partial charge in [0.05, 0.1) is 17.8 Å². The van der Waals surface area contributed by atoms with E-state index in [2.05, 4.69) is 26.4 Å². The molecule has 2 aromatic carbocycles. The predicted molar refractivity (Wildman–Crippen MR) is 110 cm³/mol. The molecule has 3 heterocycles. The average molecular weight is 391 g/mol. The summed E-state index contributed by atoms with van der Waals surface area (Å²) in [5.41, 5.74) is 4.76. The molecule has 0 amide bonds. The van der Waals surface area contributed by atoms with E-state index < -0.39 is 0 Å². The lowest BCUT2D eigenvalue weighted by Crippen LogP contribution is -2.34. The molecule has 7 nitrogen and oxygen atoms in total. The molecular formula is C22H25N5O2. The lowest BCUT2D eigenvalue weighted by molar-refractivity contribution is 0.203. The second kappa shape index (κ2) is 7.93. The number of hydrogen-bond acceptors (Lipinski definition) is 6. The Bertz CT molecular complexity index is 1110. The summed E-state index contributed by atoms with van der Waals surface area (Å²) in [7, 11) is 0. The molecule has 1 aliphatic heterocycles. The smallest absolute Gasteiger partial charge is 0.167 e. The molecule has 0 radical (unpaired) electrons. The van der Waals surface area contributed by atoms with Gasteiger partial charge in [-0.25, -0.2) is 4.68 Å². The zero-order valence-electron chi connectivity index (χ0n) is 16.4. The molecule has 150 valence electrons. The van der Waals surface area contributed by atoms with Crippen LogP contribution in [0.4, 0.5) is 0 Å². The van der Waals surface area contributed by atoms with Crippen molar-refractivity contribution in [3.8, 4) is 0 Å². The van der Waals surface area contributed by atoms with E-state index in [1.807, 2.05) is 41.1 Å². The van der Waals surface area contributed by atoms with Crippen LogP contribution in [0.1, 0.15) is 36.4 Å². The van der Waals surface area contributed by atoms with E-state index >= 15 is 0 Å². The molecule has 0 saturated carbocycles. The van der Waals surface area contributed by atoms with Crippen molar-refractivity contribution in [3.63, 3.8) is 0 Å². The van der Waals surface area contributed by atoms with Crippen molar-refractivity contribution < 1.29 is 9.63 Å². The molecule has 29 heavy (non-hydrogen) atoms. The Hall–Kier alpha value is -2.77. The van der Waals surface area contributed by atoms with Crippen LogP contribution in [0.2, 0.25) is 0 Å². The number of aryl methyl sites for hydroxylation is 1. The maximum atomic E-state index is 9.29. The maximum absolute atomic E-state index is 9.29. The first-order valence-corrected chi connectivity index (χ1v) is 10.3. The largest absolute Gasteiger partial charge is 0.392 e. The summed E-state index contributed by atoms with van der Waals surface area (Å²) in [4.78, 5) is 2.53. The fourth-order valence-electron chi connectivity index (χ4n) is 4.35. The number of hydrogen-bond donors (Lipinski definition) is 1. The first-order valence-electron chi connectivity index (χ1n) is 10.3. The number of aliphatic hydroxyl groups is 1. The Morgan fingerprint density at radius 1 is 1.07 bits per heavy atom. The molecule has 5 rings (SSSR count). The third kappa shape index (κ3) is 3.63. The topological polar surface area (TPSA) is 80.2 Å². The minimum atomic E-state index is 0.0226. The Balaban J connectivity index is 1.16. The number of para-hydroxylation sites is 1. The summed E-state index contributed by atoms with van der Waals surface area (Å²) in [6.07, 6.45) is 3.25. The number of likely N-dealkylation sites (tertiary alicyclic amines) is 1. The highest BCUT2D eigenvalue weighted by atomic mass is 16.5. The van der Waals surface area contributed by atoms with Crippen molar-refractivity contribution in [2.75, 3.05) is 19.6 Å². The molecule has 4 aromatic rings. The normalized spacial score (nSPS) is 16.2. The number of fused-ring (bicyclic) bond motifs is 2. The van der Waals surface area contributed by atoms with Gasteiger partial charge in [0.1, 0.15) is 5.52 Å². The molecule has 2 aromatic heterocycles. The molecule has 0 unspecified atom stereocenters. The minimum absolute atomic E-state index is 0.0226. The van der Waals surface area contributed by atoms with E-state index in [1.54, 1.807) is 0 Å². The molecule has 0 bridgehead atoms. The molecule has 7 heteroatoms. The van der Waals surface area contributed by atoms with Crippen LogP contribution in [0, 0.1) is 0 Å². The molecular weight excluding hydrogens is 366 g/mol. The van der Waals surface area contributed by atoms with E-state index in [4.69, 9.17) is 4.52 Å². The van der Waals surface area contributed by atoms with Gasteiger partial charge in [0.25, 0.3) is 0 Å². The molecule has 1 N–H and O–H groups in total. The SMILES string of the molecule is OCc1ccc2c(C3CCN(CCCn4nnc5ccccc54)CC3)noc2c1. The quantitative estimate of drug-likeness (QED) is 0.543. The van der Waals surface area contributed by atoms with Gasteiger partial charge in [-0.2, -0.15) is 0 Å². The zero-order valence-corrected chi connectivity index (χ0v) is 16.4. The van der Waals surface area contributed by atoms with Crippen LogP contribution < -0.4 is 0 Å². The average Bonchev–Trinajstić information content (AvgIpc) is 3.38. The first-order chi connectivity index (χ1) is 14.3. The summed E-state index contributed by atoms with van der Waals surface area (Å²) in [6, 6.07) is 14.0. The lowest BCUT2D eigenvalue weighted by Gasteiger charge is -2.31. The molecule has 1 saturated heterocycles. The fraction of sp³-hybridized carbons (Fsp3) is 0.409. The summed E-state index contributed by atoms with van der Waals surface area (Å²) in [5.74, 6) is 0.437. The predicted octanol–water partition coefficient (Wildman–Crippen LogP) is 3.33. The third-order valence-corrected chi connectivity index (χ3v) is 5.99. The van der Waals surface area contributed by atoms with Gasteiger partial charge >= 0.3 is 0 Å². The Morgan fingerprint density at radius 2 is 1.93 bits per heavy atom. The summed E-state index contributed by atoms with van der Waals surface area (Å²) < 4.78 is 7.53. The van der Waals surface area contributed by atoms with Crippen molar-refractivity contribution in [2.45, 2.75) is 38.3 Å². The highest BCUT2D eigenvalue weighted by Crippen LogP contribution is 2.33. The number of rotatable bonds is 6. The van der Waals surface area contributed by atoms with Gasteiger partial charge in [0.15, 0.2) is 5.58 Å². The molecule has 0 spiro atoms. The van der Waals surface area contributed by atoms with Gasteiger partial charge in [-0.05, 0) is 68.7 Å². The van der Waals surface area contributed by atoms with E-state index in [-0.39, 0.29) is 6.61 Å². The molecule has 0 atom stereocenters. The number of aromatic nitrogens is 4. The van der Waals surface area contributed by atoms with Crippen LogP contribution in [0.15, 0.2) is 47.0 Å². The molecule has 1 fully saturated rings. The first kappa shape index (κ1) is 18.3. The maximum Gasteiger partial charge on any atom is 0.167 e. The van der Waals surface area contributed by atoms with Gasteiger partial charge < -0.3 is 14.5 Å². The van der Waals surface area contributed by atoms with Gasteiger partial charge in [0.2, 0.25) is 0 Å². The van der Waals surface area contributed by atoms with Crippen molar-refractivity contribution in [3.05, 3.63) is 53.7 Å². The third-order valence-electron chi connectivity index (χ3n) is 5.99. The van der Waals surface area contributed by atoms with E-state index in [0.29, 0.717) is 5.92 Å². The van der Waals surface area contributed by atoms with Crippen LogP contribution in [0.5, 0.6) is 0 Å². The Labute approximate surface area is 168 Å². The van der Waals surface area contributed by atoms with Crippen molar-refractivity contribution in [2.24, 2.45) is 0 Å². The minimum Gasteiger partial charge on any atom is -0.392 e.